The van der Waals surface area contributed by atoms with Gasteiger partial charge in [-0.3, -0.25) is 14.9 Å². The summed E-state index contributed by atoms with van der Waals surface area (Å²) in [4.78, 5) is 41.6. The molecule has 4 amide bonds. The predicted molar refractivity (Wildman–Crippen MR) is 119 cm³/mol. The van der Waals surface area contributed by atoms with Crippen LogP contribution in [0.1, 0.15) is 21.5 Å². The summed E-state index contributed by atoms with van der Waals surface area (Å²) in [5, 5.41) is 5.03. The number of aromatic nitrogens is 1. The van der Waals surface area contributed by atoms with E-state index in [4.69, 9.17) is 9.47 Å². The molecule has 1 aromatic heterocycles. The minimum Gasteiger partial charge on any atom is -0.496 e. The number of amides is 4. The number of methoxy groups -OCH3 is 1. The fourth-order valence-corrected chi connectivity index (χ4v) is 3.34. The molecule has 4 rings (SSSR count). The first-order valence-electron chi connectivity index (χ1n) is 10.3. The number of carbonyl (C=O) groups excluding carboxylic acids is 3. The number of rotatable bonds is 8. The van der Waals surface area contributed by atoms with Crippen LogP contribution in [0.4, 0.5) is 9.18 Å². The Morgan fingerprint density at radius 2 is 1.88 bits per heavy atom. The second-order valence-corrected chi connectivity index (χ2v) is 7.49. The van der Waals surface area contributed by atoms with Gasteiger partial charge in [0.15, 0.2) is 0 Å². The van der Waals surface area contributed by atoms with Crippen LogP contribution in [0.2, 0.25) is 0 Å². The van der Waals surface area contributed by atoms with Crippen LogP contribution < -0.4 is 20.1 Å². The lowest BCUT2D eigenvalue weighted by Crippen LogP contribution is -2.28. The number of hydrogen-bond acceptors (Lipinski definition) is 6. The molecule has 1 saturated heterocycles. The second kappa shape index (κ2) is 9.99. The lowest BCUT2D eigenvalue weighted by Gasteiger charge is -2.15. The van der Waals surface area contributed by atoms with Crippen LogP contribution in [0, 0.1) is 5.82 Å². The van der Waals surface area contributed by atoms with E-state index in [1.165, 1.54) is 36.3 Å². The average molecular weight is 464 g/mol. The largest absolute Gasteiger partial charge is 0.496 e. The number of nitrogens with zero attached hydrogens (tertiary/aromatic N) is 2. The molecule has 0 aliphatic carbocycles. The van der Waals surface area contributed by atoms with E-state index in [0.717, 1.165) is 5.56 Å². The third-order valence-electron chi connectivity index (χ3n) is 5.04. The smallest absolute Gasteiger partial charge is 0.324 e. The topological polar surface area (TPSA) is 110 Å². The highest BCUT2D eigenvalue weighted by Crippen LogP contribution is 2.22. The number of nitrogens with one attached hydrogen (secondary N) is 2. The van der Waals surface area contributed by atoms with Crippen LogP contribution in [0.25, 0.3) is 0 Å². The summed E-state index contributed by atoms with van der Waals surface area (Å²) < 4.78 is 23.9. The van der Waals surface area contributed by atoms with Crippen LogP contribution >= 0.6 is 0 Å². The highest BCUT2D eigenvalue weighted by atomic mass is 19.1. The van der Waals surface area contributed by atoms with Crippen molar-refractivity contribution < 1.29 is 28.2 Å². The molecule has 1 aliphatic heterocycles. The molecule has 2 heterocycles. The Balaban J connectivity index is 1.38. The van der Waals surface area contributed by atoms with Gasteiger partial charge >= 0.3 is 6.03 Å². The molecule has 0 spiro atoms. The van der Waals surface area contributed by atoms with Crippen LogP contribution in [-0.4, -0.2) is 41.4 Å². The number of carbonyl (C=O) groups is 3. The van der Waals surface area contributed by atoms with Crippen molar-refractivity contribution in [2.75, 3.05) is 13.7 Å². The van der Waals surface area contributed by atoms with Gasteiger partial charge in [0.2, 0.25) is 11.8 Å². The van der Waals surface area contributed by atoms with Crippen molar-refractivity contribution in [2.45, 2.75) is 13.1 Å². The van der Waals surface area contributed by atoms with E-state index in [1.54, 1.807) is 36.5 Å². The summed E-state index contributed by atoms with van der Waals surface area (Å²) in [7, 11) is 1.46. The molecular weight excluding hydrogens is 443 g/mol. The summed E-state index contributed by atoms with van der Waals surface area (Å²) in [6.45, 7) is 0.362. The molecule has 2 aromatic carbocycles. The van der Waals surface area contributed by atoms with Gasteiger partial charge < -0.3 is 19.7 Å². The van der Waals surface area contributed by atoms with E-state index in [2.05, 4.69) is 15.6 Å². The number of pyridine rings is 1. The van der Waals surface area contributed by atoms with Gasteiger partial charge in [0, 0.05) is 25.4 Å². The van der Waals surface area contributed by atoms with Gasteiger partial charge in [0.05, 0.1) is 12.7 Å². The SMILES string of the molecule is COc1ccc(CN2CC(=O)NC2=O)cc1C(=O)NCc1ccc(Oc2ccc(F)cc2)nc1. The van der Waals surface area contributed by atoms with E-state index in [-0.39, 0.29) is 37.3 Å². The van der Waals surface area contributed by atoms with Gasteiger partial charge in [-0.15, -0.1) is 0 Å². The van der Waals surface area contributed by atoms with E-state index in [9.17, 15) is 18.8 Å². The fraction of sp³-hybridized carbons (Fsp3) is 0.167. The fourth-order valence-electron chi connectivity index (χ4n) is 3.34. The minimum absolute atomic E-state index is 0.0275. The van der Waals surface area contributed by atoms with Gasteiger partial charge in [-0.1, -0.05) is 12.1 Å². The maximum atomic E-state index is 13.0. The minimum atomic E-state index is -0.467. The Bertz CT molecular complexity index is 1220. The van der Waals surface area contributed by atoms with Crippen molar-refractivity contribution in [1.82, 2.24) is 20.5 Å². The standard InChI is InChI=1S/C24H21FN4O5/c1-33-20-8-2-15(13-29-14-21(30)28-24(29)32)10-19(20)23(31)27-12-16-3-9-22(26-11-16)34-18-6-4-17(25)5-7-18/h2-11H,12-14H2,1H3,(H,27,31)(H,28,30,32). The summed E-state index contributed by atoms with van der Waals surface area (Å²) in [5.41, 5.74) is 1.72. The first-order chi connectivity index (χ1) is 16.4. The van der Waals surface area contributed by atoms with E-state index < -0.39 is 6.03 Å². The normalized spacial score (nSPS) is 12.9. The van der Waals surface area contributed by atoms with Gasteiger partial charge in [-0.05, 0) is 47.5 Å². The van der Waals surface area contributed by atoms with Crippen molar-refractivity contribution in [3.63, 3.8) is 0 Å². The number of hydrogen-bond donors (Lipinski definition) is 2. The van der Waals surface area contributed by atoms with E-state index in [1.807, 2.05) is 0 Å². The van der Waals surface area contributed by atoms with Crippen LogP contribution in [0.3, 0.4) is 0 Å². The van der Waals surface area contributed by atoms with Gasteiger partial charge in [-0.25, -0.2) is 14.2 Å². The molecule has 1 fully saturated rings. The molecule has 34 heavy (non-hydrogen) atoms. The summed E-state index contributed by atoms with van der Waals surface area (Å²) in [6, 6.07) is 13.5. The lowest BCUT2D eigenvalue weighted by atomic mass is 10.1. The van der Waals surface area contributed by atoms with Crippen molar-refractivity contribution in [2.24, 2.45) is 0 Å². The van der Waals surface area contributed by atoms with Crippen molar-refractivity contribution in [3.8, 4) is 17.4 Å². The molecule has 0 unspecified atom stereocenters. The zero-order valence-corrected chi connectivity index (χ0v) is 18.2. The van der Waals surface area contributed by atoms with Crippen LogP contribution in [0.15, 0.2) is 60.8 Å². The predicted octanol–water partition coefficient (Wildman–Crippen LogP) is 3.00. The first kappa shape index (κ1) is 22.7. The van der Waals surface area contributed by atoms with Crippen LogP contribution in [0.5, 0.6) is 17.4 Å². The molecule has 0 atom stereocenters. The van der Waals surface area contributed by atoms with Gasteiger partial charge in [0.1, 0.15) is 23.9 Å². The summed E-state index contributed by atoms with van der Waals surface area (Å²) in [6.07, 6.45) is 1.57. The monoisotopic (exact) mass is 464 g/mol. The highest BCUT2D eigenvalue weighted by Gasteiger charge is 2.27. The third kappa shape index (κ3) is 5.47. The summed E-state index contributed by atoms with van der Waals surface area (Å²) in [5.74, 6) is 0.0826. The second-order valence-electron chi connectivity index (χ2n) is 7.49. The van der Waals surface area contributed by atoms with E-state index >= 15 is 0 Å². The molecule has 3 aromatic rings. The first-order valence-corrected chi connectivity index (χ1v) is 10.3. The molecule has 1 aliphatic rings. The number of halogens is 1. The lowest BCUT2D eigenvalue weighted by molar-refractivity contribution is -0.118. The number of ether oxygens (including phenoxy) is 2. The Hall–Kier alpha value is -4.47. The van der Waals surface area contributed by atoms with Gasteiger partial charge in [-0.2, -0.15) is 0 Å². The molecular formula is C24H21FN4O5. The molecule has 0 saturated carbocycles. The molecule has 0 radical (unpaired) electrons. The van der Waals surface area contributed by atoms with Crippen LogP contribution in [-0.2, 0) is 17.9 Å². The number of urea groups is 1. The third-order valence-corrected chi connectivity index (χ3v) is 5.04. The molecule has 10 heteroatoms. The Morgan fingerprint density at radius 3 is 2.53 bits per heavy atom. The van der Waals surface area contributed by atoms with Crippen molar-refractivity contribution >= 4 is 17.8 Å². The van der Waals surface area contributed by atoms with Crippen molar-refractivity contribution in [1.29, 1.82) is 0 Å². The molecule has 2 N–H and O–H groups in total. The molecule has 174 valence electrons. The quantitative estimate of drug-likeness (QED) is 0.496. The van der Waals surface area contributed by atoms with Crippen molar-refractivity contribution in [3.05, 3.63) is 83.3 Å². The molecule has 0 bridgehead atoms. The zero-order chi connectivity index (χ0) is 24.1. The number of imide groups is 1. The average Bonchev–Trinajstić information content (AvgIpc) is 3.16. The zero-order valence-electron chi connectivity index (χ0n) is 18.2. The Labute approximate surface area is 194 Å². The van der Waals surface area contributed by atoms with Gasteiger partial charge in [0.25, 0.3) is 5.91 Å². The molecule has 9 nitrogen and oxygen atoms in total. The maximum Gasteiger partial charge on any atom is 0.324 e. The maximum absolute atomic E-state index is 13.0. The summed E-state index contributed by atoms with van der Waals surface area (Å²) >= 11 is 0. The highest BCUT2D eigenvalue weighted by molar-refractivity contribution is 6.02. The Kier molecular flexibility index (Phi) is 6.67. The van der Waals surface area contributed by atoms with E-state index in [0.29, 0.717) is 28.5 Å². The number of benzene rings is 2. The Morgan fingerprint density at radius 1 is 1.12 bits per heavy atom.